The minimum absolute atomic E-state index is 0.151. The number of rotatable bonds is 4. The van der Waals surface area contributed by atoms with E-state index in [1.54, 1.807) is 29.5 Å². The number of aromatic nitrogens is 2. The quantitative estimate of drug-likeness (QED) is 0.710. The van der Waals surface area contributed by atoms with E-state index in [2.05, 4.69) is 9.97 Å². The van der Waals surface area contributed by atoms with Crippen LogP contribution in [0.15, 0.2) is 35.2 Å². The van der Waals surface area contributed by atoms with E-state index in [0.717, 1.165) is 10.7 Å². The maximum Gasteiger partial charge on any atom is 0.270 e. The third kappa shape index (κ3) is 3.46. The van der Waals surface area contributed by atoms with Crippen molar-refractivity contribution in [2.45, 2.75) is 20.4 Å². The molecule has 0 atom stereocenters. The maximum absolute atomic E-state index is 13.2. The van der Waals surface area contributed by atoms with E-state index < -0.39 is 0 Å². The highest BCUT2D eigenvalue weighted by Crippen LogP contribution is 2.24. The minimum Gasteiger partial charge on any atom is -0.302 e. The highest BCUT2D eigenvalue weighted by atomic mass is 32.1. The summed E-state index contributed by atoms with van der Waals surface area (Å²) in [6.07, 6.45) is 0. The Hall–Kier alpha value is -2.12. The van der Waals surface area contributed by atoms with E-state index in [1.807, 2.05) is 12.3 Å². The van der Waals surface area contributed by atoms with Crippen molar-refractivity contribution < 1.29 is 9.18 Å². The highest BCUT2D eigenvalue weighted by molar-refractivity contribution is 7.12. The Morgan fingerprint density at radius 3 is 2.52 bits per heavy atom. The van der Waals surface area contributed by atoms with Gasteiger partial charge in [0.1, 0.15) is 10.7 Å². The van der Waals surface area contributed by atoms with Gasteiger partial charge in [0.15, 0.2) is 0 Å². The predicted molar refractivity (Wildman–Crippen MR) is 90.6 cm³/mol. The molecule has 2 heterocycles. The van der Waals surface area contributed by atoms with Crippen molar-refractivity contribution in [3.63, 3.8) is 0 Å². The fraction of sp³-hybridized carbons (Fsp3) is 0.188. The summed E-state index contributed by atoms with van der Waals surface area (Å²) >= 11 is 2.84. The summed E-state index contributed by atoms with van der Waals surface area (Å²) in [5.74, 6) is -0.484. The fourth-order valence-electron chi connectivity index (χ4n) is 2.17. The average Bonchev–Trinajstić information content (AvgIpc) is 3.14. The Kier molecular flexibility index (Phi) is 4.49. The van der Waals surface area contributed by atoms with Crippen LogP contribution >= 0.6 is 22.7 Å². The lowest BCUT2D eigenvalue weighted by Crippen LogP contribution is -2.30. The van der Waals surface area contributed by atoms with Gasteiger partial charge < -0.3 is 4.90 Å². The zero-order chi connectivity index (χ0) is 16.4. The van der Waals surface area contributed by atoms with Gasteiger partial charge in [-0.15, -0.1) is 22.7 Å². The van der Waals surface area contributed by atoms with Gasteiger partial charge >= 0.3 is 0 Å². The molecule has 3 aromatic rings. The molecule has 3 rings (SSSR count). The number of thiazole rings is 2. The summed E-state index contributed by atoms with van der Waals surface area (Å²) in [7, 11) is 0. The third-order valence-corrected chi connectivity index (χ3v) is 5.05. The SMILES string of the molecule is Cc1nc(CN(C(=O)c2scnc2C)c2ccc(F)cc2)cs1. The Labute approximate surface area is 141 Å². The van der Waals surface area contributed by atoms with Crippen LogP contribution in [-0.4, -0.2) is 15.9 Å². The number of carbonyl (C=O) groups excluding carboxylic acids is 1. The summed E-state index contributed by atoms with van der Waals surface area (Å²) < 4.78 is 13.2. The van der Waals surface area contributed by atoms with Crippen LogP contribution in [0.25, 0.3) is 0 Å². The zero-order valence-electron chi connectivity index (χ0n) is 12.6. The lowest BCUT2D eigenvalue weighted by molar-refractivity contribution is 0.0988. The third-order valence-electron chi connectivity index (χ3n) is 3.31. The van der Waals surface area contributed by atoms with Crippen molar-refractivity contribution >= 4 is 34.3 Å². The number of carbonyl (C=O) groups is 1. The first-order valence-electron chi connectivity index (χ1n) is 6.93. The predicted octanol–water partition coefficient (Wildman–Crippen LogP) is 4.20. The second-order valence-corrected chi connectivity index (χ2v) is 6.91. The number of hydrogen-bond donors (Lipinski definition) is 0. The first-order valence-corrected chi connectivity index (χ1v) is 8.69. The van der Waals surface area contributed by atoms with E-state index in [-0.39, 0.29) is 11.7 Å². The second-order valence-electron chi connectivity index (χ2n) is 4.99. The molecule has 0 N–H and O–H groups in total. The molecule has 0 aliphatic rings. The van der Waals surface area contributed by atoms with Crippen molar-refractivity contribution in [1.29, 1.82) is 0 Å². The van der Waals surface area contributed by atoms with Gasteiger partial charge in [-0.3, -0.25) is 4.79 Å². The number of aryl methyl sites for hydroxylation is 2. The molecule has 0 radical (unpaired) electrons. The van der Waals surface area contributed by atoms with Crippen molar-refractivity contribution in [2.75, 3.05) is 4.90 Å². The van der Waals surface area contributed by atoms with Gasteiger partial charge in [-0.2, -0.15) is 0 Å². The molecule has 2 aromatic heterocycles. The highest BCUT2D eigenvalue weighted by Gasteiger charge is 2.22. The molecular formula is C16H14FN3OS2. The molecule has 118 valence electrons. The molecule has 23 heavy (non-hydrogen) atoms. The molecule has 1 amide bonds. The number of halogens is 1. The van der Waals surface area contributed by atoms with Crippen LogP contribution < -0.4 is 4.90 Å². The molecule has 0 aliphatic heterocycles. The normalized spacial score (nSPS) is 10.7. The van der Waals surface area contributed by atoms with Gasteiger partial charge in [-0.1, -0.05) is 0 Å². The summed E-state index contributed by atoms with van der Waals surface area (Å²) in [5.41, 5.74) is 3.79. The standard InChI is InChI=1S/C16H14FN3OS2/c1-10-15(23-9-18-10)16(21)20(7-13-8-22-11(2)19-13)14-5-3-12(17)4-6-14/h3-6,8-9H,7H2,1-2H3. The van der Waals surface area contributed by atoms with Gasteiger partial charge in [0, 0.05) is 11.1 Å². The van der Waals surface area contributed by atoms with E-state index in [1.165, 1.54) is 34.8 Å². The summed E-state index contributed by atoms with van der Waals surface area (Å²) in [4.78, 5) is 23.6. The molecule has 0 unspecified atom stereocenters. The van der Waals surface area contributed by atoms with E-state index in [0.29, 0.717) is 22.8 Å². The molecule has 4 nitrogen and oxygen atoms in total. The van der Waals surface area contributed by atoms with Gasteiger partial charge in [0.2, 0.25) is 0 Å². The Morgan fingerprint density at radius 2 is 1.96 bits per heavy atom. The molecule has 1 aromatic carbocycles. The number of anilines is 1. The largest absolute Gasteiger partial charge is 0.302 e. The molecule has 0 aliphatic carbocycles. The van der Waals surface area contributed by atoms with Crippen molar-refractivity contribution in [3.05, 3.63) is 62.2 Å². The fourth-order valence-corrected chi connectivity index (χ4v) is 3.53. The van der Waals surface area contributed by atoms with Crippen LogP contribution in [0.1, 0.15) is 26.1 Å². The lowest BCUT2D eigenvalue weighted by Gasteiger charge is -2.21. The van der Waals surface area contributed by atoms with Crippen LogP contribution in [0.5, 0.6) is 0 Å². The van der Waals surface area contributed by atoms with E-state index in [4.69, 9.17) is 0 Å². The molecule has 0 spiro atoms. The summed E-state index contributed by atoms with van der Waals surface area (Å²) in [5, 5.41) is 2.87. The molecule has 0 saturated carbocycles. The molecular weight excluding hydrogens is 333 g/mol. The minimum atomic E-state index is -0.334. The first-order chi connectivity index (χ1) is 11.0. The number of benzene rings is 1. The summed E-state index contributed by atoms with van der Waals surface area (Å²) in [6, 6.07) is 5.90. The maximum atomic E-state index is 13.2. The van der Waals surface area contributed by atoms with Crippen molar-refractivity contribution in [2.24, 2.45) is 0 Å². The monoisotopic (exact) mass is 347 g/mol. The van der Waals surface area contributed by atoms with Gasteiger partial charge in [-0.05, 0) is 38.1 Å². The molecule has 7 heteroatoms. The van der Waals surface area contributed by atoms with Crippen LogP contribution in [0, 0.1) is 19.7 Å². The van der Waals surface area contributed by atoms with Crippen LogP contribution in [0.3, 0.4) is 0 Å². The Bertz CT molecular complexity index is 826. The van der Waals surface area contributed by atoms with Gasteiger partial charge in [-0.25, -0.2) is 14.4 Å². The average molecular weight is 347 g/mol. The second kappa shape index (κ2) is 6.55. The zero-order valence-corrected chi connectivity index (χ0v) is 14.2. The summed E-state index contributed by atoms with van der Waals surface area (Å²) in [6.45, 7) is 4.07. The molecule has 0 bridgehead atoms. The lowest BCUT2D eigenvalue weighted by atomic mass is 10.2. The van der Waals surface area contributed by atoms with E-state index >= 15 is 0 Å². The van der Waals surface area contributed by atoms with Crippen molar-refractivity contribution in [1.82, 2.24) is 9.97 Å². The number of amides is 1. The van der Waals surface area contributed by atoms with Gasteiger partial charge in [0.05, 0.1) is 28.5 Å². The molecule has 0 saturated heterocycles. The van der Waals surface area contributed by atoms with Crippen molar-refractivity contribution in [3.8, 4) is 0 Å². The Morgan fingerprint density at radius 1 is 1.22 bits per heavy atom. The van der Waals surface area contributed by atoms with Crippen LogP contribution in [-0.2, 0) is 6.54 Å². The first kappa shape index (κ1) is 15.8. The van der Waals surface area contributed by atoms with E-state index in [9.17, 15) is 9.18 Å². The van der Waals surface area contributed by atoms with Crippen LogP contribution in [0.4, 0.5) is 10.1 Å². The topological polar surface area (TPSA) is 46.1 Å². The molecule has 0 fully saturated rings. The van der Waals surface area contributed by atoms with Gasteiger partial charge in [0.25, 0.3) is 5.91 Å². The smallest absolute Gasteiger partial charge is 0.270 e. The Balaban J connectivity index is 1.97. The van der Waals surface area contributed by atoms with Crippen LogP contribution in [0.2, 0.25) is 0 Å². The number of hydrogen-bond acceptors (Lipinski definition) is 5. The number of nitrogens with zero attached hydrogens (tertiary/aromatic N) is 3.